The Morgan fingerprint density at radius 1 is 1.58 bits per heavy atom. The molecule has 3 heteroatoms. The molecule has 0 aromatic carbocycles. The maximum absolute atomic E-state index is 10.7. The highest BCUT2D eigenvalue weighted by atomic mass is 16.5. The number of nitrogens with one attached hydrogen (secondary N) is 1. The molecule has 1 rings (SSSR count). The number of methoxy groups -OCH3 is 1. The van der Waals surface area contributed by atoms with Gasteiger partial charge in [0.15, 0.2) is 0 Å². The minimum atomic E-state index is -0.311. The minimum absolute atomic E-state index is 0.311. The Morgan fingerprint density at radius 2 is 2.33 bits per heavy atom. The van der Waals surface area contributed by atoms with Crippen LogP contribution >= 0.6 is 0 Å². The first-order valence-corrected chi connectivity index (χ1v) is 4.54. The Kier molecular flexibility index (Phi) is 3.38. The van der Waals surface area contributed by atoms with Crippen LogP contribution < -0.4 is 5.32 Å². The third-order valence-corrected chi connectivity index (χ3v) is 2.52. The summed E-state index contributed by atoms with van der Waals surface area (Å²) in [6, 6.07) is 0. The number of hydrogen-bond acceptors (Lipinski definition) is 2. The van der Waals surface area contributed by atoms with Gasteiger partial charge in [-0.05, 0) is 24.7 Å². The van der Waals surface area contributed by atoms with Crippen molar-refractivity contribution in [2.75, 3.05) is 13.7 Å². The van der Waals surface area contributed by atoms with Crippen molar-refractivity contribution in [1.82, 2.24) is 5.32 Å². The number of alkyl carbamates (subject to hydrolysis) is 1. The van der Waals surface area contributed by atoms with Crippen molar-refractivity contribution in [2.45, 2.75) is 26.2 Å². The van der Waals surface area contributed by atoms with Gasteiger partial charge in [-0.15, -0.1) is 0 Å². The Labute approximate surface area is 73.5 Å². The predicted molar refractivity (Wildman–Crippen MR) is 46.9 cm³/mol. The van der Waals surface area contributed by atoms with Crippen molar-refractivity contribution in [2.24, 2.45) is 11.8 Å². The van der Waals surface area contributed by atoms with Crippen LogP contribution in [0.5, 0.6) is 0 Å². The van der Waals surface area contributed by atoms with E-state index in [0.29, 0.717) is 5.92 Å². The lowest BCUT2D eigenvalue weighted by Crippen LogP contribution is -2.28. The summed E-state index contributed by atoms with van der Waals surface area (Å²) in [6.07, 6.45) is 3.47. The van der Waals surface area contributed by atoms with E-state index in [2.05, 4.69) is 17.0 Å². The van der Waals surface area contributed by atoms with Gasteiger partial charge in [0, 0.05) is 6.54 Å². The molecule has 0 radical (unpaired) electrons. The number of carbonyl (C=O) groups is 1. The van der Waals surface area contributed by atoms with Crippen LogP contribution in [0.3, 0.4) is 0 Å². The van der Waals surface area contributed by atoms with E-state index in [9.17, 15) is 4.79 Å². The van der Waals surface area contributed by atoms with Crippen molar-refractivity contribution < 1.29 is 9.53 Å². The largest absolute Gasteiger partial charge is 0.453 e. The summed E-state index contributed by atoms with van der Waals surface area (Å²) in [5, 5.41) is 2.73. The first kappa shape index (κ1) is 9.36. The second-order valence-corrected chi connectivity index (χ2v) is 3.66. The van der Waals surface area contributed by atoms with Crippen LogP contribution in [0.4, 0.5) is 4.79 Å². The molecule has 2 atom stereocenters. The smallest absolute Gasteiger partial charge is 0.406 e. The van der Waals surface area contributed by atoms with Gasteiger partial charge in [0.2, 0.25) is 0 Å². The van der Waals surface area contributed by atoms with E-state index in [4.69, 9.17) is 0 Å². The zero-order valence-corrected chi connectivity index (χ0v) is 7.80. The van der Waals surface area contributed by atoms with Gasteiger partial charge in [-0.3, -0.25) is 0 Å². The molecule has 70 valence electrons. The predicted octanol–water partition coefficient (Wildman–Crippen LogP) is 1.78. The van der Waals surface area contributed by atoms with E-state index >= 15 is 0 Å². The quantitative estimate of drug-likeness (QED) is 0.687. The summed E-state index contributed by atoms with van der Waals surface area (Å²) in [7, 11) is 1.40. The summed E-state index contributed by atoms with van der Waals surface area (Å²) >= 11 is 0. The Hall–Kier alpha value is -0.730. The van der Waals surface area contributed by atoms with Crippen LogP contribution in [-0.4, -0.2) is 19.7 Å². The van der Waals surface area contributed by atoms with Gasteiger partial charge in [-0.25, -0.2) is 4.79 Å². The SMILES string of the molecule is COC(=O)NCC1CCC(C)C1. The van der Waals surface area contributed by atoms with Crippen molar-refractivity contribution in [3.05, 3.63) is 0 Å². The number of rotatable bonds is 2. The average molecular weight is 171 g/mol. The molecule has 1 N–H and O–H groups in total. The lowest BCUT2D eigenvalue weighted by molar-refractivity contribution is 0.169. The third-order valence-electron chi connectivity index (χ3n) is 2.52. The van der Waals surface area contributed by atoms with Crippen LogP contribution in [0.1, 0.15) is 26.2 Å². The van der Waals surface area contributed by atoms with Gasteiger partial charge < -0.3 is 10.1 Å². The highest BCUT2D eigenvalue weighted by Crippen LogP contribution is 2.29. The fourth-order valence-corrected chi connectivity index (χ4v) is 1.81. The molecule has 0 aliphatic heterocycles. The van der Waals surface area contributed by atoms with E-state index in [1.165, 1.54) is 26.4 Å². The second kappa shape index (κ2) is 4.33. The van der Waals surface area contributed by atoms with Gasteiger partial charge in [-0.1, -0.05) is 13.3 Å². The van der Waals surface area contributed by atoms with E-state index in [1.807, 2.05) is 0 Å². The van der Waals surface area contributed by atoms with Crippen molar-refractivity contribution in [3.8, 4) is 0 Å². The number of carbonyl (C=O) groups excluding carboxylic acids is 1. The molecule has 1 fully saturated rings. The summed E-state index contributed by atoms with van der Waals surface area (Å²) in [4.78, 5) is 10.7. The molecule has 1 aliphatic rings. The fraction of sp³-hybridized carbons (Fsp3) is 0.889. The average Bonchev–Trinajstić information content (AvgIpc) is 2.47. The van der Waals surface area contributed by atoms with Crippen LogP contribution in [0.2, 0.25) is 0 Å². The topological polar surface area (TPSA) is 38.3 Å². The van der Waals surface area contributed by atoms with E-state index < -0.39 is 0 Å². The monoisotopic (exact) mass is 171 g/mol. The molecule has 0 bridgehead atoms. The summed E-state index contributed by atoms with van der Waals surface area (Å²) in [6.45, 7) is 3.04. The Bertz CT molecular complexity index is 159. The maximum Gasteiger partial charge on any atom is 0.406 e. The Balaban J connectivity index is 2.11. The van der Waals surface area contributed by atoms with Crippen molar-refractivity contribution >= 4 is 6.09 Å². The van der Waals surface area contributed by atoms with E-state index in [0.717, 1.165) is 12.5 Å². The molecular weight excluding hydrogens is 154 g/mol. The fourth-order valence-electron chi connectivity index (χ4n) is 1.81. The molecule has 0 spiro atoms. The minimum Gasteiger partial charge on any atom is -0.453 e. The van der Waals surface area contributed by atoms with Crippen LogP contribution in [0.15, 0.2) is 0 Å². The summed E-state index contributed by atoms with van der Waals surface area (Å²) in [5.41, 5.74) is 0. The number of amides is 1. The molecule has 0 aromatic heterocycles. The first-order chi connectivity index (χ1) is 5.72. The van der Waals surface area contributed by atoms with Crippen LogP contribution in [0.25, 0.3) is 0 Å². The lowest BCUT2D eigenvalue weighted by atomic mass is 10.1. The number of ether oxygens (including phenoxy) is 1. The first-order valence-electron chi connectivity index (χ1n) is 4.54. The van der Waals surface area contributed by atoms with Crippen molar-refractivity contribution in [1.29, 1.82) is 0 Å². The van der Waals surface area contributed by atoms with Crippen LogP contribution in [0, 0.1) is 11.8 Å². The van der Waals surface area contributed by atoms with Gasteiger partial charge in [-0.2, -0.15) is 0 Å². The van der Waals surface area contributed by atoms with Gasteiger partial charge in [0.1, 0.15) is 0 Å². The molecule has 2 unspecified atom stereocenters. The molecule has 0 aromatic rings. The summed E-state index contributed by atoms with van der Waals surface area (Å²) in [5.74, 6) is 1.49. The highest BCUT2D eigenvalue weighted by Gasteiger charge is 2.21. The van der Waals surface area contributed by atoms with Gasteiger partial charge in [0.25, 0.3) is 0 Å². The lowest BCUT2D eigenvalue weighted by Gasteiger charge is -2.09. The summed E-state index contributed by atoms with van der Waals surface area (Å²) < 4.78 is 4.49. The van der Waals surface area contributed by atoms with Crippen LogP contribution in [-0.2, 0) is 4.74 Å². The normalized spacial score (nSPS) is 28.5. The molecule has 0 saturated heterocycles. The van der Waals surface area contributed by atoms with Gasteiger partial charge in [0.05, 0.1) is 7.11 Å². The molecule has 3 nitrogen and oxygen atoms in total. The second-order valence-electron chi connectivity index (χ2n) is 3.66. The molecular formula is C9H17NO2. The Morgan fingerprint density at radius 3 is 2.83 bits per heavy atom. The molecule has 1 aliphatic carbocycles. The van der Waals surface area contributed by atoms with Gasteiger partial charge >= 0.3 is 6.09 Å². The van der Waals surface area contributed by atoms with E-state index in [-0.39, 0.29) is 6.09 Å². The highest BCUT2D eigenvalue weighted by molar-refractivity contribution is 5.66. The van der Waals surface area contributed by atoms with Crippen molar-refractivity contribution in [3.63, 3.8) is 0 Å². The zero-order valence-electron chi connectivity index (χ0n) is 7.80. The zero-order chi connectivity index (χ0) is 8.97. The molecule has 12 heavy (non-hydrogen) atoms. The standard InChI is InChI=1S/C9H17NO2/c1-7-3-4-8(5-7)6-10-9(11)12-2/h7-8H,3-6H2,1-2H3,(H,10,11). The van der Waals surface area contributed by atoms with E-state index in [1.54, 1.807) is 0 Å². The number of hydrogen-bond donors (Lipinski definition) is 1. The molecule has 1 amide bonds. The third kappa shape index (κ3) is 2.72. The maximum atomic E-state index is 10.7. The molecule has 0 heterocycles. The molecule has 1 saturated carbocycles.